The lowest BCUT2D eigenvalue weighted by Gasteiger charge is -2.19. The number of hydrogen-bond donors (Lipinski definition) is 3. The Bertz CT molecular complexity index is 1280. The average molecular weight is 522 g/mol. The Hall–Kier alpha value is -3.84. The maximum atomic E-state index is 14.6. The fourth-order valence-corrected chi connectivity index (χ4v) is 3.46. The van der Waals surface area contributed by atoms with Crippen molar-refractivity contribution in [2.45, 2.75) is 45.9 Å². The third-order valence-electron chi connectivity index (χ3n) is 5.13. The summed E-state index contributed by atoms with van der Waals surface area (Å²) >= 11 is 0. The van der Waals surface area contributed by atoms with Crippen LogP contribution in [-0.4, -0.2) is 55.0 Å². The minimum Gasteiger partial charge on any atom is -0.491 e. The number of benzene rings is 1. The molecular weight excluding hydrogens is 492 g/mol. The number of hydrogen-bond acceptors (Lipinski definition) is 8. The SMILES string of the molecule is CCOc1ccc(F)c(Oc2cnn(C(CC(C)C)C(=O)Nc3ccn(C[C@@H](O)CO)n3)c(=O)c2)c1F. The molecule has 0 aliphatic carbocycles. The van der Waals surface area contributed by atoms with Crippen LogP contribution in [0.2, 0.25) is 0 Å². The van der Waals surface area contributed by atoms with Gasteiger partial charge in [0.05, 0.1) is 32.1 Å². The van der Waals surface area contributed by atoms with Gasteiger partial charge in [0.25, 0.3) is 11.5 Å². The van der Waals surface area contributed by atoms with Crippen molar-refractivity contribution in [1.82, 2.24) is 19.6 Å². The number of nitrogens with zero attached hydrogens (tertiary/aromatic N) is 4. The monoisotopic (exact) mass is 521 g/mol. The number of halogens is 2. The first-order valence-corrected chi connectivity index (χ1v) is 11.6. The van der Waals surface area contributed by atoms with Crippen LogP contribution in [0.3, 0.4) is 0 Å². The predicted molar refractivity (Wildman–Crippen MR) is 129 cm³/mol. The molecule has 1 aromatic carbocycles. The molecule has 11 nitrogen and oxygen atoms in total. The van der Waals surface area contributed by atoms with Crippen LogP contribution in [0.15, 0.2) is 41.5 Å². The zero-order valence-electron chi connectivity index (χ0n) is 20.6. The van der Waals surface area contributed by atoms with E-state index in [1.165, 1.54) is 16.9 Å². The Balaban J connectivity index is 1.82. The van der Waals surface area contributed by atoms with Crippen molar-refractivity contribution in [2.24, 2.45) is 5.92 Å². The van der Waals surface area contributed by atoms with Crippen molar-refractivity contribution < 1.29 is 33.3 Å². The van der Waals surface area contributed by atoms with E-state index in [1.807, 2.05) is 13.8 Å². The topological polar surface area (TPSA) is 141 Å². The summed E-state index contributed by atoms with van der Waals surface area (Å²) < 4.78 is 41.5. The van der Waals surface area contributed by atoms with Crippen LogP contribution >= 0.6 is 0 Å². The Morgan fingerprint density at radius 3 is 2.65 bits per heavy atom. The van der Waals surface area contributed by atoms with Crippen molar-refractivity contribution >= 4 is 11.7 Å². The lowest BCUT2D eigenvalue weighted by Crippen LogP contribution is -2.35. The summed E-state index contributed by atoms with van der Waals surface area (Å²) in [5.74, 6) is -3.61. The first kappa shape index (κ1) is 27.7. The molecule has 0 radical (unpaired) electrons. The maximum Gasteiger partial charge on any atom is 0.271 e. The molecule has 13 heteroatoms. The van der Waals surface area contributed by atoms with E-state index in [2.05, 4.69) is 15.5 Å². The molecular formula is C24H29F2N5O6. The molecule has 2 atom stereocenters. The zero-order valence-corrected chi connectivity index (χ0v) is 20.6. The van der Waals surface area contributed by atoms with E-state index in [0.29, 0.717) is 0 Å². The minimum atomic E-state index is -1.06. The summed E-state index contributed by atoms with van der Waals surface area (Å²) in [6, 6.07) is 3.56. The Morgan fingerprint density at radius 2 is 2.00 bits per heavy atom. The van der Waals surface area contributed by atoms with E-state index in [1.54, 1.807) is 6.92 Å². The standard InChI is InChI=1S/C24H29F2N5O6/c1-4-36-19-6-5-17(25)23(22(19)26)37-16-10-21(34)31(27-11-16)18(9-14(2)3)24(35)28-20-7-8-30(29-20)12-15(33)13-32/h5-8,10-11,14-15,18,32-33H,4,9,12-13H2,1-3H3,(H,28,29,35)/t15-,18?/m1/s1. The Kier molecular flexibility index (Phi) is 9.31. The number of amides is 1. The third-order valence-corrected chi connectivity index (χ3v) is 5.13. The second kappa shape index (κ2) is 12.4. The molecule has 0 spiro atoms. The lowest BCUT2D eigenvalue weighted by atomic mass is 10.0. The van der Waals surface area contributed by atoms with Gasteiger partial charge in [-0.3, -0.25) is 14.3 Å². The highest BCUT2D eigenvalue weighted by Gasteiger charge is 2.25. The van der Waals surface area contributed by atoms with E-state index in [9.17, 15) is 23.5 Å². The van der Waals surface area contributed by atoms with Crippen LogP contribution in [0, 0.1) is 17.6 Å². The van der Waals surface area contributed by atoms with E-state index in [4.69, 9.17) is 14.6 Å². The Labute approximate surface area is 211 Å². The van der Waals surface area contributed by atoms with Gasteiger partial charge >= 0.3 is 0 Å². The van der Waals surface area contributed by atoms with Gasteiger partial charge in [-0.15, -0.1) is 0 Å². The molecule has 3 rings (SSSR count). The van der Waals surface area contributed by atoms with Crippen molar-refractivity contribution in [3.8, 4) is 17.2 Å². The summed E-state index contributed by atoms with van der Waals surface area (Å²) in [6.45, 7) is 5.12. The quantitative estimate of drug-likeness (QED) is 0.330. The maximum absolute atomic E-state index is 14.6. The number of rotatable bonds is 12. The highest BCUT2D eigenvalue weighted by atomic mass is 19.1. The van der Waals surface area contributed by atoms with Gasteiger partial charge in [0.2, 0.25) is 11.6 Å². The number of aliphatic hydroxyl groups excluding tert-OH is 2. The predicted octanol–water partition coefficient (Wildman–Crippen LogP) is 2.49. The molecule has 2 heterocycles. The summed E-state index contributed by atoms with van der Waals surface area (Å²) in [7, 11) is 0. The van der Waals surface area contributed by atoms with Gasteiger partial charge in [0.15, 0.2) is 23.1 Å². The minimum absolute atomic E-state index is 0.00197. The number of anilines is 1. The van der Waals surface area contributed by atoms with Crippen LogP contribution in [0.25, 0.3) is 0 Å². The molecule has 37 heavy (non-hydrogen) atoms. The van der Waals surface area contributed by atoms with Gasteiger partial charge < -0.3 is 25.0 Å². The normalized spacial score (nSPS) is 12.9. The average Bonchev–Trinajstić information content (AvgIpc) is 3.28. The fourth-order valence-electron chi connectivity index (χ4n) is 3.46. The molecule has 0 aliphatic rings. The number of carbonyl (C=O) groups is 1. The number of ether oxygens (including phenoxy) is 2. The number of nitrogens with one attached hydrogen (secondary N) is 1. The first-order valence-electron chi connectivity index (χ1n) is 11.6. The van der Waals surface area contributed by atoms with Crippen LogP contribution in [0.1, 0.15) is 33.2 Å². The summed E-state index contributed by atoms with van der Waals surface area (Å²) in [6.07, 6.45) is 1.84. The number of carbonyl (C=O) groups excluding carboxylic acids is 1. The van der Waals surface area contributed by atoms with E-state index < -0.39 is 47.6 Å². The summed E-state index contributed by atoms with van der Waals surface area (Å²) in [5.41, 5.74) is -0.725. The van der Waals surface area contributed by atoms with Gasteiger partial charge in [0, 0.05) is 18.3 Å². The van der Waals surface area contributed by atoms with Crippen molar-refractivity contribution in [3.63, 3.8) is 0 Å². The molecule has 0 saturated carbocycles. The lowest BCUT2D eigenvalue weighted by molar-refractivity contribution is -0.120. The smallest absolute Gasteiger partial charge is 0.271 e. The second-order valence-corrected chi connectivity index (χ2v) is 8.59. The van der Waals surface area contributed by atoms with E-state index >= 15 is 0 Å². The summed E-state index contributed by atoms with van der Waals surface area (Å²) in [4.78, 5) is 25.9. The van der Waals surface area contributed by atoms with Gasteiger partial charge in [-0.2, -0.15) is 14.6 Å². The number of aromatic nitrogens is 4. The number of aliphatic hydroxyl groups is 2. The van der Waals surface area contributed by atoms with Crippen LogP contribution in [0.4, 0.5) is 14.6 Å². The van der Waals surface area contributed by atoms with E-state index in [0.717, 1.165) is 29.1 Å². The van der Waals surface area contributed by atoms with Crippen LogP contribution in [0.5, 0.6) is 17.2 Å². The van der Waals surface area contributed by atoms with Crippen LogP contribution < -0.4 is 20.3 Å². The molecule has 1 unspecified atom stereocenters. The van der Waals surface area contributed by atoms with Gasteiger partial charge in [-0.05, 0) is 31.4 Å². The second-order valence-electron chi connectivity index (χ2n) is 8.59. The molecule has 0 fully saturated rings. The fraction of sp³-hybridized carbons (Fsp3) is 0.417. The molecule has 1 amide bonds. The van der Waals surface area contributed by atoms with Gasteiger partial charge in [0.1, 0.15) is 6.04 Å². The molecule has 0 bridgehead atoms. The molecule has 2 aromatic heterocycles. The zero-order chi connectivity index (χ0) is 27.1. The van der Waals surface area contributed by atoms with Crippen molar-refractivity contribution in [3.05, 3.63) is 58.6 Å². The largest absolute Gasteiger partial charge is 0.491 e. The Morgan fingerprint density at radius 1 is 1.24 bits per heavy atom. The van der Waals surface area contributed by atoms with Crippen molar-refractivity contribution in [1.29, 1.82) is 0 Å². The molecule has 200 valence electrons. The molecule has 0 saturated heterocycles. The third kappa shape index (κ3) is 7.11. The van der Waals surface area contributed by atoms with Gasteiger partial charge in [-0.1, -0.05) is 13.8 Å². The highest BCUT2D eigenvalue weighted by Crippen LogP contribution is 2.32. The molecule has 3 aromatic rings. The highest BCUT2D eigenvalue weighted by molar-refractivity contribution is 5.92. The van der Waals surface area contributed by atoms with E-state index in [-0.39, 0.29) is 42.8 Å². The molecule has 0 aliphatic heterocycles. The summed E-state index contributed by atoms with van der Waals surface area (Å²) in [5, 5.41) is 29.3. The van der Waals surface area contributed by atoms with Gasteiger partial charge in [-0.25, -0.2) is 9.07 Å². The van der Waals surface area contributed by atoms with Crippen molar-refractivity contribution in [2.75, 3.05) is 18.5 Å². The first-order chi connectivity index (χ1) is 17.6. The molecule has 3 N–H and O–H groups in total. The van der Waals surface area contributed by atoms with Crippen LogP contribution in [-0.2, 0) is 11.3 Å².